The van der Waals surface area contributed by atoms with E-state index < -0.39 is 5.60 Å². The van der Waals surface area contributed by atoms with Gasteiger partial charge in [-0.3, -0.25) is 0 Å². The van der Waals surface area contributed by atoms with E-state index in [-0.39, 0.29) is 11.5 Å². The minimum Gasteiger partial charge on any atom is -0.444 e. The first-order valence-electron chi connectivity index (χ1n) is 8.32. The fourth-order valence-corrected chi connectivity index (χ4v) is 2.78. The molecule has 23 heavy (non-hydrogen) atoms. The second kappa shape index (κ2) is 6.91. The monoisotopic (exact) mass is 322 g/mol. The highest BCUT2D eigenvalue weighted by molar-refractivity contribution is 5.68. The predicted molar refractivity (Wildman–Crippen MR) is 90.1 cm³/mol. The summed E-state index contributed by atoms with van der Waals surface area (Å²) in [6.07, 6.45) is 5.50. The maximum absolute atomic E-state index is 12.1. The number of carbonyl (C=O) groups excluding carboxylic acids is 1. The number of ether oxygens (including phenoxy) is 1. The van der Waals surface area contributed by atoms with Crippen LogP contribution in [0.3, 0.4) is 0 Å². The lowest BCUT2D eigenvalue weighted by Gasteiger charge is -2.39. The fourth-order valence-electron chi connectivity index (χ4n) is 2.78. The average Bonchev–Trinajstić information content (AvgIpc) is 2.83. The summed E-state index contributed by atoms with van der Waals surface area (Å²) in [6.45, 7) is 11.3. The maximum Gasteiger partial charge on any atom is 0.410 e. The van der Waals surface area contributed by atoms with E-state index in [9.17, 15) is 4.79 Å². The summed E-state index contributed by atoms with van der Waals surface area (Å²) in [5.41, 5.74) is 0.972. The van der Waals surface area contributed by atoms with Gasteiger partial charge in [0.25, 0.3) is 0 Å². The molecule has 0 bridgehead atoms. The summed E-state index contributed by atoms with van der Waals surface area (Å²) in [7, 11) is 2.01. The number of hydrogen-bond acceptors (Lipinski definition) is 4. The Labute approximate surface area is 139 Å². The largest absolute Gasteiger partial charge is 0.444 e. The first-order chi connectivity index (χ1) is 10.7. The highest BCUT2D eigenvalue weighted by Gasteiger charge is 2.33. The lowest BCUT2D eigenvalue weighted by molar-refractivity contribution is 0.0119. The molecule has 1 N–H and O–H groups in total. The first kappa shape index (κ1) is 17.8. The second-order valence-corrected chi connectivity index (χ2v) is 7.88. The summed E-state index contributed by atoms with van der Waals surface area (Å²) in [5.74, 6) is 0. The van der Waals surface area contributed by atoms with Crippen LogP contribution in [0.5, 0.6) is 0 Å². The van der Waals surface area contributed by atoms with Crippen LogP contribution in [0.1, 0.15) is 46.2 Å². The summed E-state index contributed by atoms with van der Waals surface area (Å²) < 4.78 is 7.48. The summed E-state index contributed by atoms with van der Waals surface area (Å²) in [6, 6.07) is 0. The zero-order valence-corrected chi connectivity index (χ0v) is 15.1. The van der Waals surface area contributed by atoms with Gasteiger partial charge in [0.2, 0.25) is 0 Å². The Balaban J connectivity index is 1.76. The van der Waals surface area contributed by atoms with Crippen molar-refractivity contribution in [3.05, 3.63) is 18.2 Å². The van der Waals surface area contributed by atoms with Crippen LogP contribution in [0.4, 0.5) is 4.79 Å². The van der Waals surface area contributed by atoms with Crippen molar-refractivity contribution < 1.29 is 9.53 Å². The number of amides is 1. The van der Waals surface area contributed by atoms with Gasteiger partial charge in [-0.2, -0.15) is 0 Å². The van der Waals surface area contributed by atoms with Crippen LogP contribution in [0.2, 0.25) is 0 Å². The van der Waals surface area contributed by atoms with Crippen LogP contribution in [-0.2, 0) is 18.3 Å². The van der Waals surface area contributed by atoms with Gasteiger partial charge in [0.15, 0.2) is 0 Å². The topological polar surface area (TPSA) is 59.4 Å². The molecule has 1 aromatic rings. The Hall–Kier alpha value is -1.56. The molecule has 1 fully saturated rings. The van der Waals surface area contributed by atoms with Gasteiger partial charge in [0.1, 0.15) is 5.60 Å². The first-order valence-corrected chi connectivity index (χ1v) is 8.32. The number of carbonyl (C=O) groups is 1. The van der Waals surface area contributed by atoms with E-state index in [4.69, 9.17) is 4.74 Å². The molecule has 6 nitrogen and oxygen atoms in total. The summed E-state index contributed by atoms with van der Waals surface area (Å²) >= 11 is 0. The van der Waals surface area contributed by atoms with Crippen molar-refractivity contribution in [2.24, 2.45) is 12.5 Å². The number of imidazole rings is 1. The minimum absolute atomic E-state index is 0.192. The van der Waals surface area contributed by atoms with Crippen LogP contribution in [0.25, 0.3) is 0 Å². The molecule has 0 saturated carbocycles. The van der Waals surface area contributed by atoms with Crippen LogP contribution >= 0.6 is 0 Å². The second-order valence-electron chi connectivity index (χ2n) is 7.88. The molecule has 2 heterocycles. The Morgan fingerprint density at radius 1 is 1.39 bits per heavy atom. The van der Waals surface area contributed by atoms with Crippen molar-refractivity contribution in [1.29, 1.82) is 0 Å². The summed E-state index contributed by atoms with van der Waals surface area (Å²) in [4.78, 5) is 18.1. The smallest absolute Gasteiger partial charge is 0.410 e. The van der Waals surface area contributed by atoms with Crippen LogP contribution in [0, 0.1) is 5.41 Å². The molecule has 1 amide bonds. The predicted octanol–water partition coefficient (Wildman–Crippen LogP) is 2.55. The van der Waals surface area contributed by atoms with Crippen LogP contribution in [-0.4, -0.2) is 45.8 Å². The van der Waals surface area contributed by atoms with Crippen LogP contribution < -0.4 is 5.32 Å². The molecule has 0 spiro atoms. The van der Waals surface area contributed by atoms with E-state index in [0.29, 0.717) is 0 Å². The van der Waals surface area contributed by atoms with Crippen molar-refractivity contribution in [3.8, 4) is 0 Å². The van der Waals surface area contributed by atoms with Gasteiger partial charge in [-0.15, -0.1) is 0 Å². The quantitative estimate of drug-likeness (QED) is 0.925. The van der Waals surface area contributed by atoms with Gasteiger partial charge in [-0.25, -0.2) is 9.78 Å². The Morgan fingerprint density at radius 2 is 2.04 bits per heavy atom. The molecule has 0 aliphatic carbocycles. The Bertz CT molecular complexity index is 525. The molecule has 6 heteroatoms. The van der Waals surface area contributed by atoms with Crippen molar-refractivity contribution in [2.75, 3.05) is 19.6 Å². The SMILES string of the molecule is Cn1cncc1CNCC1(C)CCN(C(=O)OC(C)(C)C)CC1. The van der Waals surface area contributed by atoms with E-state index in [1.165, 1.54) is 5.69 Å². The summed E-state index contributed by atoms with van der Waals surface area (Å²) in [5, 5.41) is 3.53. The van der Waals surface area contributed by atoms with Gasteiger partial charge in [-0.1, -0.05) is 6.92 Å². The third kappa shape index (κ3) is 5.23. The standard InChI is InChI=1S/C17H30N4O2/c1-16(2,3)23-15(22)21-8-6-17(4,7-9-21)12-18-10-14-11-19-13-20(14)5/h11,13,18H,6-10,12H2,1-5H3. The zero-order chi connectivity index (χ0) is 17.1. The molecule has 1 aromatic heterocycles. The molecule has 1 saturated heterocycles. The van der Waals surface area contributed by atoms with Gasteiger partial charge < -0.3 is 19.5 Å². The molecular formula is C17H30N4O2. The third-order valence-electron chi connectivity index (χ3n) is 4.40. The zero-order valence-electron chi connectivity index (χ0n) is 15.1. The number of nitrogens with one attached hydrogen (secondary N) is 1. The fraction of sp³-hybridized carbons (Fsp3) is 0.765. The molecule has 0 atom stereocenters. The molecule has 2 rings (SSSR count). The van der Waals surface area contributed by atoms with E-state index >= 15 is 0 Å². The Kier molecular flexibility index (Phi) is 5.34. The van der Waals surface area contributed by atoms with E-state index in [2.05, 4.69) is 17.2 Å². The number of nitrogens with zero attached hydrogens (tertiary/aromatic N) is 3. The number of aryl methyl sites for hydroxylation is 1. The molecule has 0 radical (unpaired) electrons. The number of aromatic nitrogens is 2. The Morgan fingerprint density at radius 3 is 2.57 bits per heavy atom. The van der Waals surface area contributed by atoms with Crippen molar-refractivity contribution >= 4 is 6.09 Å². The van der Waals surface area contributed by atoms with Crippen molar-refractivity contribution in [1.82, 2.24) is 19.8 Å². The van der Waals surface area contributed by atoms with Crippen molar-refractivity contribution in [3.63, 3.8) is 0 Å². The van der Waals surface area contributed by atoms with E-state index in [0.717, 1.165) is 39.0 Å². The average molecular weight is 322 g/mol. The molecular weight excluding hydrogens is 292 g/mol. The molecule has 1 aliphatic rings. The molecule has 130 valence electrons. The van der Waals surface area contributed by atoms with Crippen LogP contribution in [0.15, 0.2) is 12.5 Å². The maximum atomic E-state index is 12.1. The molecule has 1 aliphatic heterocycles. The van der Waals surface area contributed by atoms with Gasteiger partial charge in [-0.05, 0) is 39.0 Å². The normalized spacial score (nSPS) is 18.0. The highest BCUT2D eigenvalue weighted by atomic mass is 16.6. The number of rotatable bonds is 4. The lowest BCUT2D eigenvalue weighted by Crippen LogP contribution is -2.47. The number of hydrogen-bond donors (Lipinski definition) is 1. The lowest BCUT2D eigenvalue weighted by atomic mass is 9.80. The molecule has 0 aromatic carbocycles. The minimum atomic E-state index is -0.428. The number of piperidine rings is 1. The van der Waals surface area contributed by atoms with E-state index in [1.54, 1.807) is 0 Å². The highest BCUT2D eigenvalue weighted by Crippen LogP contribution is 2.30. The van der Waals surface area contributed by atoms with Gasteiger partial charge >= 0.3 is 6.09 Å². The van der Waals surface area contributed by atoms with Crippen molar-refractivity contribution in [2.45, 2.75) is 52.7 Å². The van der Waals surface area contributed by atoms with Gasteiger partial charge in [0.05, 0.1) is 12.0 Å². The molecule has 0 unspecified atom stereocenters. The third-order valence-corrected chi connectivity index (χ3v) is 4.40. The number of likely N-dealkylation sites (tertiary alicyclic amines) is 1. The van der Waals surface area contributed by atoms with Gasteiger partial charge in [0, 0.05) is 39.4 Å². The van der Waals surface area contributed by atoms with E-state index in [1.807, 2.05) is 49.8 Å².